The summed E-state index contributed by atoms with van der Waals surface area (Å²) in [6.07, 6.45) is 0.856. The molecule has 0 atom stereocenters. The first-order chi connectivity index (χ1) is 11.7. The monoisotopic (exact) mass is 343 g/mol. The lowest BCUT2D eigenvalue weighted by Gasteiger charge is -2.26. The zero-order valence-corrected chi connectivity index (χ0v) is 13.4. The van der Waals surface area contributed by atoms with Crippen LogP contribution < -0.4 is 5.32 Å². The molecule has 0 bridgehead atoms. The van der Waals surface area contributed by atoms with Gasteiger partial charge in [0.2, 0.25) is 5.95 Å². The molecule has 2 N–H and O–H groups in total. The molecule has 1 aromatic carbocycles. The highest BCUT2D eigenvalue weighted by Gasteiger charge is 2.22. The quantitative estimate of drug-likeness (QED) is 0.750. The van der Waals surface area contributed by atoms with Crippen LogP contribution in [0.5, 0.6) is 0 Å². The topological polar surface area (TPSA) is 73.9 Å². The molecule has 3 aromatic rings. The number of nitrogens with one attached hydrogen (secondary N) is 2. The molecule has 0 aliphatic carbocycles. The summed E-state index contributed by atoms with van der Waals surface area (Å²) in [6, 6.07) is 8.05. The van der Waals surface area contributed by atoms with Crippen molar-refractivity contribution in [2.45, 2.75) is 13.0 Å². The molecule has 0 radical (unpaired) electrons. The zero-order valence-electron chi connectivity index (χ0n) is 12.6. The number of fused-ring (bicyclic) bond motifs is 1. The van der Waals surface area contributed by atoms with Crippen LogP contribution in [0.2, 0.25) is 0 Å². The van der Waals surface area contributed by atoms with Crippen LogP contribution in [0.4, 0.5) is 15.1 Å². The van der Waals surface area contributed by atoms with Gasteiger partial charge in [0.15, 0.2) is 5.82 Å². The van der Waals surface area contributed by atoms with Gasteiger partial charge < -0.3 is 4.90 Å². The lowest BCUT2D eigenvalue weighted by Crippen LogP contribution is -2.38. The maximum absolute atomic E-state index is 13.8. The summed E-state index contributed by atoms with van der Waals surface area (Å²) < 4.78 is 13.8. The van der Waals surface area contributed by atoms with E-state index in [1.807, 2.05) is 11.4 Å². The van der Waals surface area contributed by atoms with E-state index in [4.69, 9.17) is 0 Å². The molecule has 1 aliphatic rings. The Morgan fingerprint density at radius 2 is 2.21 bits per heavy atom. The fourth-order valence-corrected chi connectivity index (χ4v) is 3.58. The summed E-state index contributed by atoms with van der Waals surface area (Å²) in [4.78, 5) is 19.6. The highest BCUT2D eigenvalue weighted by Crippen LogP contribution is 2.24. The Kier molecular flexibility index (Phi) is 3.73. The third-order valence-electron chi connectivity index (χ3n) is 3.93. The number of rotatable bonds is 2. The molecule has 2 aromatic heterocycles. The van der Waals surface area contributed by atoms with E-state index in [1.165, 1.54) is 16.5 Å². The van der Waals surface area contributed by atoms with Crippen LogP contribution >= 0.6 is 11.3 Å². The minimum atomic E-state index is -0.396. The predicted molar refractivity (Wildman–Crippen MR) is 89.2 cm³/mol. The van der Waals surface area contributed by atoms with Crippen LogP contribution in [0.15, 0.2) is 35.7 Å². The molecule has 24 heavy (non-hydrogen) atoms. The number of anilines is 1. The van der Waals surface area contributed by atoms with Gasteiger partial charge in [-0.05, 0) is 35.6 Å². The first-order valence-corrected chi connectivity index (χ1v) is 8.37. The van der Waals surface area contributed by atoms with Crippen molar-refractivity contribution in [3.05, 3.63) is 52.0 Å². The third kappa shape index (κ3) is 2.76. The van der Waals surface area contributed by atoms with Gasteiger partial charge in [-0.15, -0.1) is 16.4 Å². The number of amides is 2. The van der Waals surface area contributed by atoms with Crippen LogP contribution in [-0.2, 0) is 13.0 Å². The molecule has 4 rings (SSSR count). The summed E-state index contributed by atoms with van der Waals surface area (Å²) >= 11 is 1.72. The average Bonchev–Trinajstić information content (AvgIpc) is 3.23. The van der Waals surface area contributed by atoms with Crippen molar-refractivity contribution in [2.75, 3.05) is 11.9 Å². The van der Waals surface area contributed by atoms with Crippen LogP contribution in [-0.4, -0.2) is 32.7 Å². The number of benzene rings is 1. The first kappa shape index (κ1) is 14.8. The second kappa shape index (κ2) is 6.04. The van der Waals surface area contributed by atoms with E-state index < -0.39 is 5.82 Å². The molecule has 2 amide bonds. The number of aromatic nitrogens is 3. The van der Waals surface area contributed by atoms with Gasteiger partial charge in [0.1, 0.15) is 5.82 Å². The fraction of sp³-hybridized carbons (Fsp3) is 0.188. The lowest BCUT2D eigenvalue weighted by molar-refractivity contribution is 0.206. The van der Waals surface area contributed by atoms with E-state index in [0.717, 1.165) is 6.42 Å². The van der Waals surface area contributed by atoms with Crippen LogP contribution in [0, 0.1) is 5.82 Å². The van der Waals surface area contributed by atoms with Crippen LogP contribution in [0.1, 0.15) is 10.4 Å². The van der Waals surface area contributed by atoms with Crippen molar-refractivity contribution >= 4 is 23.3 Å². The van der Waals surface area contributed by atoms with Crippen molar-refractivity contribution in [1.82, 2.24) is 20.1 Å². The van der Waals surface area contributed by atoms with E-state index in [2.05, 4.69) is 20.5 Å². The van der Waals surface area contributed by atoms with Gasteiger partial charge in [-0.1, -0.05) is 12.1 Å². The molecule has 6 nitrogen and oxygen atoms in total. The lowest BCUT2D eigenvalue weighted by atomic mass is 10.1. The summed E-state index contributed by atoms with van der Waals surface area (Å²) in [5.74, 6) is 0.0177. The normalized spacial score (nSPS) is 13.6. The van der Waals surface area contributed by atoms with Gasteiger partial charge in [0, 0.05) is 18.0 Å². The van der Waals surface area contributed by atoms with Crippen LogP contribution in [0.25, 0.3) is 11.4 Å². The highest BCUT2D eigenvalue weighted by molar-refractivity contribution is 7.10. The summed E-state index contributed by atoms with van der Waals surface area (Å²) in [7, 11) is 0. The van der Waals surface area contributed by atoms with Gasteiger partial charge in [-0.25, -0.2) is 9.18 Å². The van der Waals surface area contributed by atoms with E-state index in [-0.39, 0.29) is 17.8 Å². The van der Waals surface area contributed by atoms with Crippen LogP contribution in [0.3, 0.4) is 0 Å². The summed E-state index contributed by atoms with van der Waals surface area (Å²) in [5.41, 5.74) is 1.50. The molecule has 0 saturated carbocycles. The van der Waals surface area contributed by atoms with Crippen molar-refractivity contribution in [3.63, 3.8) is 0 Å². The maximum Gasteiger partial charge on any atom is 0.324 e. The number of carbonyl (C=O) groups is 1. The summed E-state index contributed by atoms with van der Waals surface area (Å²) in [6.45, 7) is 1.24. The molecule has 1 aliphatic heterocycles. The molecular weight excluding hydrogens is 329 g/mol. The maximum atomic E-state index is 13.8. The number of carbonyl (C=O) groups excluding carboxylic acids is 1. The van der Waals surface area contributed by atoms with E-state index in [1.54, 1.807) is 34.4 Å². The number of hydrogen-bond acceptors (Lipinski definition) is 4. The fourth-order valence-electron chi connectivity index (χ4n) is 2.69. The highest BCUT2D eigenvalue weighted by atomic mass is 32.1. The Labute approximate surface area is 141 Å². The number of aromatic amines is 1. The number of H-pyrrole nitrogens is 1. The molecule has 0 unspecified atom stereocenters. The van der Waals surface area contributed by atoms with Gasteiger partial charge in [0.05, 0.1) is 5.56 Å². The Hall–Kier alpha value is -2.74. The van der Waals surface area contributed by atoms with Crippen molar-refractivity contribution in [1.29, 1.82) is 0 Å². The predicted octanol–water partition coefficient (Wildman–Crippen LogP) is 3.26. The Morgan fingerprint density at radius 1 is 1.33 bits per heavy atom. The molecule has 0 spiro atoms. The minimum Gasteiger partial charge on any atom is -0.320 e. The first-order valence-electron chi connectivity index (χ1n) is 7.49. The second-order valence-corrected chi connectivity index (χ2v) is 6.46. The SMILES string of the molecule is O=C(Nc1n[nH]c(-c2ccccc2F)n1)N1CCc2sccc2C1. The Bertz CT molecular complexity index is 890. The molecule has 8 heteroatoms. The molecule has 0 fully saturated rings. The largest absolute Gasteiger partial charge is 0.324 e. The van der Waals surface area contributed by atoms with E-state index in [9.17, 15) is 9.18 Å². The van der Waals surface area contributed by atoms with Gasteiger partial charge in [-0.2, -0.15) is 4.98 Å². The van der Waals surface area contributed by atoms with Crippen molar-refractivity contribution in [3.8, 4) is 11.4 Å². The number of thiophene rings is 1. The Morgan fingerprint density at radius 3 is 3.08 bits per heavy atom. The standard InChI is InChI=1S/C16H14FN5OS/c17-12-4-2-1-3-11(12)14-18-15(21-20-14)19-16(23)22-7-5-13-10(9-22)6-8-24-13/h1-4,6,8H,5,7,9H2,(H2,18,19,20,21,23). The third-order valence-corrected chi connectivity index (χ3v) is 4.95. The van der Waals surface area contributed by atoms with Gasteiger partial charge >= 0.3 is 6.03 Å². The molecule has 122 valence electrons. The number of halogens is 1. The number of hydrogen-bond donors (Lipinski definition) is 2. The average molecular weight is 343 g/mol. The van der Waals surface area contributed by atoms with E-state index in [0.29, 0.717) is 18.7 Å². The van der Waals surface area contributed by atoms with Crippen molar-refractivity contribution in [2.24, 2.45) is 0 Å². The minimum absolute atomic E-state index is 0.134. The molecule has 0 saturated heterocycles. The van der Waals surface area contributed by atoms with E-state index >= 15 is 0 Å². The van der Waals surface area contributed by atoms with Gasteiger partial charge in [0.25, 0.3) is 0 Å². The van der Waals surface area contributed by atoms with Gasteiger partial charge in [-0.3, -0.25) is 10.4 Å². The Balaban J connectivity index is 1.47. The zero-order chi connectivity index (χ0) is 16.5. The molecular formula is C16H14FN5OS. The summed E-state index contributed by atoms with van der Waals surface area (Å²) in [5, 5.41) is 11.3. The van der Waals surface area contributed by atoms with Crippen molar-refractivity contribution < 1.29 is 9.18 Å². The molecule has 3 heterocycles. The second-order valence-electron chi connectivity index (χ2n) is 5.46. The number of urea groups is 1. The smallest absolute Gasteiger partial charge is 0.320 e. The number of nitrogens with zero attached hydrogens (tertiary/aromatic N) is 3.